The predicted molar refractivity (Wildman–Crippen MR) is 114 cm³/mol. The summed E-state index contributed by atoms with van der Waals surface area (Å²) >= 11 is 0. The van der Waals surface area contributed by atoms with Crippen LogP contribution in [0.25, 0.3) is 11.0 Å². The maximum Gasteiger partial charge on any atom is 0.207 e. The zero-order chi connectivity index (χ0) is 20.5. The highest BCUT2D eigenvalue weighted by Crippen LogP contribution is 2.32. The fraction of sp³-hybridized carbons (Fsp3) is 0.333. The number of aromatic nitrogens is 3. The minimum Gasteiger partial charge on any atom is -0.340 e. The zero-order valence-electron chi connectivity index (χ0n) is 16.4. The summed E-state index contributed by atoms with van der Waals surface area (Å²) in [6.45, 7) is 2.86. The summed E-state index contributed by atoms with van der Waals surface area (Å²) in [5.74, 6) is 0.677. The molecule has 7 nitrogen and oxygen atoms in total. The molecule has 1 saturated heterocycles. The monoisotopic (exact) mass is 425 g/mol. The largest absolute Gasteiger partial charge is 0.340 e. The molecule has 0 unspecified atom stereocenters. The second-order valence-corrected chi connectivity index (χ2v) is 7.27. The Labute approximate surface area is 180 Å². The summed E-state index contributed by atoms with van der Waals surface area (Å²) in [5, 5.41) is 18.4. The van der Waals surface area contributed by atoms with E-state index in [4.69, 9.17) is 16.0 Å². The van der Waals surface area contributed by atoms with Crippen molar-refractivity contribution >= 4 is 29.4 Å². The van der Waals surface area contributed by atoms with E-state index in [0.29, 0.717) is 36.6 Å². The normalized spacial score (nSPS) is 19.6. The summed E-state index contributed by atoms with van der Waals surface area (Å²) < 4.78 is 15.9. The number of piperidine rings is 1. The molecule has 0 saturated carbocycles. The van der Waals surface area contributed by atoms with Gasteiger partial charge in [0.15, 0.2) is 0 Å². The minimum atomic E-state index is -1.02. The van der Waals surface area contributed by atoms with Gasteiger partial charge in [-0.1, -0.05) is 0 Å². The predicted octanol–water partition coefficient (Wildman–Crippen LogP) is 3.08. The number of pyridine rings is 1. The molecule has 0 bridgehead atoms. The van der Waals surface area contributed by atoms with Gasteiger partial charge in [-0.3, -0.25) is 4.98 Å². The van der Waals surface area contributed by atoms with Crippen molar-refractivity contribution in [1.82, 2.24) is 14.5 Å². The molecule has 2 aromatic heterocycles. The van der Waals surface area contributed by atoms with Gasteiger partial charge in [0.2, 0.25) is 5.95 Å². The van der Waals surface area contributed by atoms with Crippen LogP contribution < -0.4 is 10.6 Å². The van der Waals surface area contributed by atoms with Crippen LogP contribution in [0, 0.1) is 22.7 Å². The number of halogens is 2. The van der Waals surface area contributed by atoms with Crippen molar-refractivity contribution in [3.63, 3.8) is 0 Å². The number of alkyl halides is 1. The van der Waals surface area contributed by atoms with E-state index in [2.05, 4.69) is 17.1 Å². The van der Waals surface area contributed by atoms with Crippen LogP contribution in [0.5, 0.6) is 0 Å². The second kappa shape index (κ2) is 8.66. The Balaban J connectivity index is 0.00000256. The van der Waals surface area contributed by atoms with E-state index in [0.717, 1.165) is 16.7 Å². The first kappa shape index (κ1) is 21.5. The molecule has 154 valence electrons. The van der Waals surface area contributed by atoms with Crippen LogP contribution in [0.15, 0.2) is 36.5 Å². The zero-order valence-corrected chi connectivity index (χ0v) is 17.2. The number of benzene rings is 1. The highest BCUT2D eigenvalue weighted by molar-refractivity contribution is 5.85. The first-order valence-electron chi connectivity index (χ1n) is 9.44. The first-order chi connectivity index (χ1) is 14.0. The van der Waals surface area contributed by atoms with Gasteiger partial charge in [0.05, 0.1) is 46.0 Å². The highest BCUT2D eigenvalue weighted by atomic mass is 35.5. The molecule has 1 aromatic carbocycles. The van der Waals surface area contributed by atoms with Gasteiger partial charge < -0.3 is 15.2 Å². The average molecular weight is 426 g/mol. The summed E-state index contributed by atoms with van der Waals surface area (Å²) in [7, 11) is 0. The van der Waals surface area contributed by atoms with Crippen molar-refractivity contribution < 1.29 is 4.39 Å². The molecule has 0 amide bonds. The Morgan fingerprint density at radius 1 is 1.20 bits per heavy atom. The van der Waals surface area contributed by atoms with Gasteiger partial charge in [0.1, 0.15) is 12.2 Å². The van der Waals surface area contributed by atoms with Crippen LogP contribution in [0.2, 0.25) is 0 Å². The van der Waals surface area contributed by atoms with Crippen molar-refractivity contribution in [3.05, 3.63) is 53.3 Å². The van der Waals surface area contributed by atoms with E-state index in [1.54, 1.807) is 18.2 Å². The first-order valence-corrected chi connectivity index (χ1v) is 9.44. The summed E-state index contributed by atoms with van der Waals surface area (Å²) in [6.07, 6.45) is 0.861. The molecular weight excluding hydrogens is 405 g/mol. The van der Waals surface area contributed by atoms with E-state index in [9.17, 15) is 9.65 Å². The molecule has 2 N–H and O–H groups in total. The number of anilines is 1. The lowest BCUT2D eigenvalue weighted by atomic mass is 10.1. The lowest BCUT2D eigenvalue weighted by Crippen LogP contribution is -2.50. The van der Waals surface area contributed by atoms with Crippen molar-refractivity contribution in [2.75, 3.05) is 18.0 Å². The molecule has 1 aliphatic heterocycles. The average Bonchev–Trinajstić information content (AvgIpc) is 3.13. The van der Waals surface area contributed by atoms with E-state index in [-0.39, 0.29) is 18.4 Å². The summed E-state index contributed by atoms with van der Waals surface area (Å²) in [6, 6.07) is 12.3. The van der Waals surface area contributed by atoms with Crippen molar-refractivity contribution in [2.45, 2.75) is 31.6 Å². The van der Waals surface area contributed by atoms with E-state index in [1.165, 1.54) is 6.20 Å². The van der Waals surface area contributed by atoms with Crippen LogP contribution in [0.3, 0.4) is 0 Å². The standard InChI is InChI=1S/C21H20FN7.ClH/c1-13(18-4-3-15(10-24)11-26-18)29-20-8-14(9-23)2-5-19(20)27-21(29)28-7-6-16(22)17(25)12-28;/h2-5,8,11,13,16-17H,6-7,12,25H2,1H3;1H/t13-,16-,17-;/m1./s1. The topological polar surface area (TPSA) is 108 Å². The third-order valence-corrected chi connectivity index (χ3v) is 5.38. The van der Waals surface area contributed by atoms with Gasteiger partial charge in [-0.15, -0.1) is 12.4 Å². The van der Waals surface area contributed by atoms with Crippen LogP contribution in [0.4, 0.5) is 10.3 Å². The summed E-state index contributed by atoms with van der Waals surface area (Å²) in [5.41, 5.74) is 9.30. The van der Waals surface area contributed by atoms with Gasteiger partial charge in [-0.05, 0) is 43.7 Å². The summed E-state index contributed by atoms with van der Waals surface area (Å²) in [4.78, 5) is 11.2. The maximum absolute atomic E-state index is 13.9. The molecule has 30 heavy (non-hydrogen) atoms. The molecular formula is C21H21ClFN7. The number of hydrogen-bond donors (Lipinski definition) is 1. The molecule has 3 aromatic rings. The molecule has 1 aliphatic rings. The number of fused-ring (bicyclic) bond motifs is 1. The molecule has 3 heterocycles. The molecule has 9 heteroatoms. The van der Waals surface area contributed by atoms with Crippen molar-refractivity contribution in [1.29, 1.82) is 10.5 Å². The van der Waals surface area contributed by atoms with Crippen LogP contribution in [0.1, 0.15) is 36.2 Å². The number of nitriles is 2. The number of hydrogen-bond acceptors (Lipinski definition) is 6. The number of nitrogens with two attached hydrogens (primary N) is 1. The molecule has 0 spiro atoms. The van der Waals surface area contributed by atoms with Gasteiger partial charge in [-0.2, -0.15) is 10.5 Å². The fourth-order valence-electron chi connectivity index (χ4n) is 3.74. The Morgan fingerprint density at radius 3 is 2.57 bits per heavy atom. The second-order valence-electron chi connectivity index (χ2n) is 7.27. The van der Waals surface area contributed by atoms with Crippen LogP contribution in [-0.2, 0) is 0 Å². The molecule has 4 rings (SSSR count). The van der Waals surface area contributed by atoms with Crippen LogP contribution >= 0.6 is 12.4 Å². The Hall–Kier alpha value is -3.20. The van der Waals surface area contributed by atoms with Crippen LogP contribution in [-0.4, -0.2) is 39.8 Å². The highest BCUT2D eigenvalue weighted by Gasteiger charge is 2.30. The molecule has 0 radical (unpaired) electrons. The smallest absolute Gasteiger partial charge is 0.207 e. The van der Waals surface area contributed by atoms with Gasteiger partial charge in [-0.25, -0.2) is 9.37 Å². The third kappa shape index (κ3) is 3.80. The van der Waals surface area contributed by atoms with E-state index >= 15 is 0 Å². The SMILES string of the molecule is C[C@H](c1ccc(C#N)cn1)n1c(N2CC[C@@H](F)[C@H](N)C2)nc2ccc(C#N)cc21.Cl. The van der Waals surface area contributed by atoms with Gasteiger partial charge in [0.25, 0.3) is 0 Å². The fourth-order valence-corrected chi connectivity index (χ4v) is 3.74. The van der Waals surface area contributed by atoms with Crippen molar-refractivity contribution in [2.24, 2.45) is 5.73 Å². The molecule has 0 aliphatic carbocycles. The lowest BCUT2D eigenvalue weighted by molar-refractivity contribution is 0.243. The van der Waals surface area contributed by atoms with Crippen molar-refractivity contribution in [3.8, 4) is 12.1 Å². The minimum absolute atomic E-state index is 0. The molecule has 1 fully saturated rings. The Morgan fingerprint density at radius 2 is 1.93 bits per heavy atom. The maximum atomic E-state index is 13.9. The number of imidazole rings is 1. The van der Waals surface area contributed by atoms with E-state index in [1.807, 2.05) is 28.5 Å². The number of nitrogens with zero attached hydrogens (tertiary/aromatic N) is 6. The Kier molecular flexibility index (Phi) is 6.21. The number of rotatable bonds is 3. The van der Waals surface area contributed by atoms with Gasteiger partial charge in [0, 0.05) is 19.3 Å². The third-order valence-electron chi connectivity index (χ3n) is 5.38. The van der Waals surface area contributed by atoms with E-state index < -0.39 is 12.2 Å². The lowest BCUT2D eigenvalue weighted by Gasteiger charge is -2.34. The Bertz CT molecular complexity index is 1130. The quantitative estimate of drug-likeness (QED) is 0.690. The molecule has 3 atom stereocenters. The van der Waals surface area contributed by atoms with Gasteiger partial charge >= 0.3 is 0 Å².